The molecule has 148 valence electrons. The molecule has 1 amide bonds. The van der Waals surface area contributed by atoms with Crippen LogP contribution in [0.5, 0.6) is 5.88 Å². The van der Waals surface area contributed by atoms with E-state index in [1.165, 1.54) is 12.1 Å². The van der Waals surface area contributed by atoms with E-state index in [-0.39, 0.29) is 12.2 Å². The van der Waals surface area contributed by atoms with Crippen LogP contribution >= 0.6 is 0 Å². The predicted molar refractivity (Wildman–Crippen MR) is 103 cm³/mol. The van der Waals surface area contributed by atoms with Crippen LogP contribution in [0.2, 0.25) is 0 Å². The molecule has 9 heteroatoms. The molecule has 2 aromatic carbocycles. The lowest BCUT2D eigenvalue weighted by Crippen LogP contribution is -2.44. The van der Waals surface area contributed by atoms with Crippen molar-refractivity contribution in [3.8, 4) is 11.6 Å². The molecule has 0 unspecified atom stereocenters. The fourth-order valence-corrected chi connectivity index (χ4v) is 2.80. The Hall–Kier alpha value is -4.14. The lowest BCUT2D eigenvalue weighted by atomic mass is 10.2. The zero-order chi connectivity index (χ0) is 21.0. The maximum atomic E-state index is 13.0. The molecule has 0 aliphatic carbocycles. The van der Waals surface area contributed by atoms with Gasteiger partial charge in [-0.05, 0) is 17.7 Å². The quantitative estimate of drug-likeness (QED) is 0.559. The summed E-state index contributed by atoms with van der Waals surface area (Å²) in [7, 11) is 0. The topological polar surface area (TPSA) is 131 Å². The molecule has 0 fully saturated rings. The van der Waals surface area contributed by atoms with Crippen LogP contribution in [0.4, 0.5) is 0 Å². The highest BCUT2D eigenvalue weighted by Crippen LogP contribution is 2.14. The van der Waals surface area contributed by atoms with Gasteiger partial charge in [-0.2, -0.15) is 0 Å². The van der Waals surface area contributed by atoms with Gasteiger partial charge in [0.15, 0.2) is 5.56 Å². The smallest absolute Gasteiger partial charge is 0.338 e. The average molecular weight is 395 g/mol. The molecule has 0 aliphatic rings. The Morgan fingerprint density at radius 2 is 1.52 bits per heavy atom. The fraction of sp³-hybridized carbons (Fsp3) is 0.100. The molecule has 3 rings (SSSR count). The Balaban J connectivity index is 2.24. The second-order valence-corrected chi connectivity index (χ2v) is 6.11. The molecule has 1 heterocycles. The van der Waals surface area contributed by atoms with Crippen LogP contribution in [0.15, 0.2) is 70.3 Å². The van der Waals surface area contributed by atoms with E-state index < -0.39 is 41.1 Å². The molecular weight excluding hydrogens is 378 g/mol. The number of hydrogen-bond acceptors (Lipinski definition) is 5. The largest absolute Gasteiger partial charge is 0.494 e. The van der Waals surface area contributed by atoms with Crippen LogP contribution in [0.25, 0.3) is 5.69 Å². The first-order valence-corrected chi connectivity index (χ1v) is 8.58. The van der Waals surface area contributed by atoms with Crippen LogP contribution in [0, 0.1) is 0 Å². The number of nitrogens with one attached hydrogen (secondary N) is 1. The van der Waals surface area contributed by atoms with Crippen LogP contribution in [-0.2, 0) is 11.3 Å². The van der Waals surface area contributed by atoms with Crippen molar-refractivity contribution in [3.63, 3.8) is 0 Å². The number of aromatic nitrogens is 2. The van der Waals surface area contributed by atoms with Gasteiger partial charge in [-0.1, -0.05) is 48.5 Å². The SMILES string of the molecule is O=C(O)CNC(=O)c1c(O)n(Cc2ccccc2)c(=O)n(-c2ccccc2)c1=O. The molecular formula is C20H17N3O6. The van der Waals surface area contributed by atoms with Crippen molar-refractivity contribution in [2.75, 3.05) is 6.54 Å². The zero-order valence-electron chi connectivity index (χ0n) is 15.1. The van der Waals surface area contributed by atoms with E-state index in [9.17, 15) is 24.3 Å². The lowest BCUT2D eigenvalue weighted by Gasteiger charge is -2.15. The van der Waals surface area contributed by atoms with E-state index in [4.69, 9.17) is 5.11 Å². The summed E-state index contributed by atoms with van der Waals surface area (Å²) in [5.74, 6) is -3.25. The maximum Gasteiger partial charge on any atom is 0.338 e. The molecule has 9 nitrogen and oxygen atoms in total. The number of carboxylic acid groups (broad SMARTS) is 1. The average Bonchev–Trinajstić information content (AvgIpc) is 2.71. The van der Waals surface area contributed by atoms with Crippen molar-refractivity contribution in [1.82, 2.24) is 14.5 Å². The maximum absolute atomic E-state index is 13.0. The van der Waals surface area contributed by atoms with Crippen LogP contribution in [0.1, 0.15) is 15.9 Å². The highest BCUT2D eigenvalue weighted by Gasteiger charge is 2.25. The number of aromatic hydroxyl groups is 1. The van der Waals surface area contributed by atoms with Crippen molar-refractivity contribution in [2.45, 2.75) is 6.54 Å². The number of carboxylic acids is 1. The van der Waals surface area contributed by atoms with Gasteiger partial charge in [-0.25, -0.2) is 9.36 Å². The highest BCUT2D eigenvalue weighted by molar-refractivity contribution is 5.97. The molecule has 0 saturated heterocycles. The number of amides is 1. The monoisotopic (exact) mass is 395 g/mol. The molecule has 0 radical (unpaired) electrons. The van der Waals surface area contributed by atoms with E-state index in [0.717, 1.165) is 9.13 Å². The summed E-state index contributed by atoms with van der Waals surface area (Å²) >= 11 is 0. The summed E-state index contributed by atoms with van der Waals surface area (Å²) in [5, 5.41) is 21.4. The minimum absolute atomic E-state index is 0.0994. The second-order valence-electron chi connectivity index (χ2n) is 6.11. The van der Waals surface area contributed by atoms with Gasteiger partial charge in [-0.3, -0.25) is 19.0 Å². The first-order chi connectivity index (χ1) is 13.9. The number of para-hydroxylation sites is 1. The molecule has 3 aromatic rings. The Labute approximate surface area is 164 Å². The lowest BCUT2D eigenvalue weighted by molar-refractivity contribution is -0.135. The number of nitrogens with zero attached hydrogens (tertiary/aromatic N) is 2. The van der Waals surface area contributed by atoms with Crippen molar-refractivity contribution in [2.24, 2.45) is 0 Å². The van der Waals surface area contributed by atoms with E-state index in [1.54, 1.807) is 48.5 Å². The van der Waals surface area contributed by atoms with Crippen LogP contribution in [0.3, 0.4) is 0 Å². The van der Waals surface area contributed by atoms with Crippen molar-refractivity contribution in [1.29, 1.82) is 0 Å². The number of carbonyl (C=O) groups excluding carboxylic acids is 1. The third kappa shape index (κ3) is 4.08. The molecule has 0 bridgehead atoms. The third-order valence-corrected chi connectivity index (χ3v) is 4.14. The molecule has 29 heavy (non-hydrogen) atoms. The molecule has 0 aliphatic heterocycles. The molecule has 0 spiro atoms. The van der Waals surface area contributed by atoms with Gasteiger partial charge < -0.3 is 15.5 Å². The van der Waals surface area contributed by atoms with Crippen molar-refractivity contribution in [3.05, 3.63) is 92.6 Å². The van der Waals surface area contributed by atoms with Crippen LogP contribution < -0.4 is 16.6 Å². The van der Waals surface area contributed by atoms with E-state index in [1.807, 2.05) is 5.32 Å². The number of benzene rings is 2. The minimum atomic E-state index is -1.32. The number of hydrogen-bond donors (Lipinski definition) is 3. The highest BCUT2D eigenvalue weighted by atomic mass is 16.4. The predicted octanol–water partition coefficient (Wildman–Crippen LogP) is 0.567. The second kappa shape index (κ2) is 8.26. The van der Waals surface area contributed by atoms with Gasteiger partial charge in [0.1, 0.15) is 6.54 Å². The van der Waals surface area contributed by atoms with E-state index >= 15 is 0 Å². The molecule has 0 saturated carbocycles. The summed E-state index contributed by atoms with van der Waals surface area (Å²) in [6.45, 7) is -0.849. The van der Waals surface area contributed by atoms with Crippen molar-refractivity contribution >= 4 is 11.9 Å². The summed E-state index contributed by atoms with van der Waals surface area (Å²) < 4.78 is 1.65. The fourth-order valence-electron chi connectivity index (χ4n) is 2.80. The van der Waals surface area contributed by atoms with E-state index in [2.05, 4.69) is 0 Å². The minimum Gasteiger partial charge on any atom is -0.494 e. The van der Waals surface area contributed by atoms with Crippen molar-refractivity contribution < 1.29 is 19.8 Å². The third-order valence-electron chi connectivity index (χ3n) is 4.14. The number of rotatable bonds is 6. The van der Waals surface area contributed by atoms with Gasteiger partial charge in [0.2, 0.25) is 5.88 Å². The van der Waals surface area contributed by atoms with Gasteiger partial charge in [0.05, 0.1) is 12.2 Å². The molecule has 1 aromatic heterocycles. The standard InChI is InChI=1S/C20H17N3O6/c24-15(25)11-21-17(26)16-18(27)22(12-13-7-3-1-4-8-13)20(29)23(19(16)28)14-9-5-2-6-10-14/h1-10,27H,11-12H2,(H,21,26)(H,24,25). The normalized spacial score (nSPS) is 10.5. The summed E-state index contributed by atoms with van der Waals surface area (Å²) in [4.78, 5) is 49.0. The summed E-state index contributed by atoms with van der Waals surface area (Å²) in [6, 6.07) is 16.6. The Bertz CT molecular complexity index is 1170. The van der Waals surface area contributed by atoms with Gasteiger partial charge in [0, 0.05) is 0 Å². The van der Waals surface area contributed by atoms with Crippen LogP contribution in [-0.4, -0.2) is 37.8 Å². The summed E-state index contributed by atoms with van der Waals surface area (Å²) in [5.41, 5.74) is -1.74. The van der Waals surface area contributed by atoms with Gasteiger partial charge >= 0.3 is 11.7 Å². The molecule has 0 atom stereocenters. The Morgan fingerprint density at radius 1 is 0.931 bits per heavy atom. The first-order valence-electron chi connectivity index (χ1n) is 8.58. The Morgan fingerprint density at radius 3 is 2.10 bits per heavy atom. The zero-order valence-corrected chi connectivity index (χ0v) is 15.1. The first kappa shape index (κ1) is 19.6. The number of aliphatic carboxylic acids is 1. The van der Waals surface area contributed by atoms with E-state index in [0.29, 0.717) is 5.56 Å². The summed E-state index contributed by atoms with van der Waals surface area (Å²) in [6.07, 6.45) is 0. The van der Waals surface area contributed by atoms with Gasteiger partial charge in [0.25, 0.3) is 11.5 Å². The number of carbonyl (C=O) groups is 2. The van der Waals surface area contributed by atoms with Gasteiger partial charge in [-0.15, -0.1) is 0 Å². The molecule has 3 N–H and O–H groups in total. The Kier molecular flexibility index (Phi) is 5.59.